The highest BCUT2D eigenvalue weighted by atomic mass is 19.3. The summed E-state index contributed by atoms with van der Waals surface area (Å²) >= 11 is 0. The molecule has 0 N–H and O–H groups in total. The van der Waals surface area contributed by atoms with Crippen molar-refractivity contribution in [3.05, 3.63) is 33.4 Å². The third-order valence-corrected chi connectivity index (χ3v) is 1.75. The summed E-state index contributed by atoms with van der Waals surface area (Å²) < 4.78 is 37.9. The van der Waals surface area contributed by atoms with Gasteiger partial charge in [0.05, 0.1) is 17.4 Å². The van der Waals surface area contributed by atoms with Crippen molar-refractivity contribution in [1.82, 2.24) is 4.98 Å². The number of hydrogen-bond donors (Lipinski definition) is 0. The van der Waals surface area contributed by atoms with Crippen LogP contribution in [-0.2, 0) is 6.42 Å². The van der Waals surface area contributed by atoms with Gasteiger partial charge >= 0.3 is 5.69 Å². The standard InChI is InChI=1S/C8H4F3N3O2/c9-5-4(1-2-12)3-13-6(8(10)11)7(5)14(15)16/h3,8H,1H2. The van der Waals surface area contributed by atoms with Crippen LogP contribution in [0.4, 0.5) is 18.9 Å². The number of nitro groups is 1. The lowest BCUT2D eigenvalue weighted by Gasteiger charge is -2.03. The topological polar surface area (TPSA) is 79.8 Å². The number of rotatable bonds is 3. The predicted octanol–water partition coefficient (Wildman–Crippen LogP) is 2.13. The lowest BCUT2D eigenvalue weighted by atomic mass is 10.1. The Morgan fingerprint density at radius 2 is 2.25 bits per heavy atom. The van der Waals surface area contributed by atoms with Crippen LogP contribution in [-0.4, -0.2) is 9.91 Å². The SMILES string of the molecule is N#CCc1cnc(C(F)F)c([N+](=O)[O-])c1F. The fourth-order valence-corrected chi connectivity index (χ4v) is 1.07. The third kappa shape index (κ3) is 2.08. The summed E-state index contributed by atoms with van der Waals surface area (Å²) in [5.74, 6) is -1.43. The fourth-order valence-electron chi connectivity index (χ4n) is 1.07. The molecule has 0 aliphatic heterocycles. The Hall–Kier alpha value is -2.17. The molecule has 0 fully saturated rings. The Bertz CT molecular complexity index is 470. The summed E-state index contributed by atoms with van der Waals surface area (Å²) in [6, 6.07) is 1.55. The van der Waals surface area contributed by atoms with Crippen LogP contribution in [0, 0.1) is 27.3 Å². The largest absolute Gasteiger partial charge is 0.332 e. The molecule has 0 aliphatic carbocycles. The van der Waals surface area contributed by atoms with E-state index in [0.717, 1.165) is 0 Å². The molecule has 0 radical (unpaired) electrons. The van der Waals surface area contributed by atoms with Crippen molar-refractivity contribution < 1.29 is 18.1 Å². The summed E-state index contributed by atoms with van der Waals surface area (Å²) in [6.45, 7) is 0. The molecule has 1 rings (SSSR count). The molecule has 0 aliphatic rings. The molecule has 16 heavy (non-hydrogen) atoms. The second-order valence-corrected chi connectivity index (χ2v) is 2.72. The van der Waals surface area contributed by atoms with Crippen molar-refractivity contribution in [2.45, 2.75) is 12.8 Å². The summed E-state index contributed by atoms with van der Waals surface area (Å²) in [6.07, 6.45) is -3.01. The van der Waals surface area contributed by atoms with Gasteiger partial charge in [0.25, 0.3) is 6.43 Å². The molecular formula is C8H4F3N3O2. The molecule has 0 bridgehead atoms. The number of hydrogen-bond acceptors (Lipinski definition) is 4. The van der Waals surface area contributed by atoms with Gasteiger partial charge in [-0.1, -0.05) is 0 Å². The summed E-state index contributed by atoms with van der Waals surface area (Å²) in [5.41, 5.74) is -2.98. The number of halogens is 3. The van der Waals surface area contributed by atoms with E-state index in [9.17, 15) is 23.3 Å². The number of nitrogens with zero attached hydrogens (tertiary/aromatic N) is 3. The van der Waals surface area contributed by atoms with Crippen LogP contribution in [0.5, 0.6) is 0 Å². The minimum absolute atomic E-state index is 0.376. The Morgan fingerprint density at radius 3 is 2.69 bits per heavy atom. The molecule has 1 aromatic heterocycles. The van der Waals surface area contributed by atoms with E-state index < -0.39 is 35.0 Å². The van der Waals surface area contributed by atoms with Gasteiger partial charge in [-0.05, 0) is 0 Å². The second-order valence-electron chi connectivity index (χ2n) is 2.72. The lowest BCUT2D eigenvalue weighted by Crippen LogP contribution is -2.05. The molecule has 0 amide bonds. The molecule has 0 unspecified atom stereocenters. The first kappa shape index (κ1) is 11.9. The normalized spacial score (nSPS) is 10.2. The van der Waals surface area contributed by atoms with Gasteiger partial charge in [0.15, 0.2) is 5.69 Å². The van der Waals surface area contributed by atoms with Crippen LogP contribution < -0.4 is 0 Å². The smallest absolute Gasteiger partial charge is 0.258 e. The predicted molar refractivity (Wildman–Crippen MR) is 45.1 cm³/mol. The van der Waals surface area contributed by atoms with E-state index >= 15 is 0 Å². The Kier molecular flexibility index (Phi) is 3.40. The summed E-state index contributed by atoms with van der Waals surface area (Å²) in [5, 5.41) is 18.7. The van der Waals surface area contributed by atoms with E-state index in [1.165, 1.54) is 0 Å². The van der Waals surface area contributed by atoms with Gasteiger partial charge in [0, 0.05) is 11.8 Å². The van der Waals surface area contributed by atoms with Crippen LogP contribution >= 0.6 is 0 Å². The maximum atomic E-state index is 13.4. The summed E-state index contributed by atoms with van der Waals surface area (Å²) in [7, 11) is 0. The van der Waals surface area contributed by atoms with E-state index in [1.54, 1.807) is 6.07 Å². The van der Waals surface area contributed by atoms with E-state index in [-0.39, 0.29) is 5.56 Å². The molecule has 1 aromatic rings. The first-order valence-electron chi connectivity index (χ1n) is 3.95. The van der Waals surface area contributed by atoms with Gasteiger partial charge in [-0.2, -0.15) is 9.65 Å². The average Bonchev–Trinajstić information content (AvgIpc) is 2.20. The lowest BCUT2D eigenvalue weighted by molar-refractivity contribution is -0.389. The molecule has 84 valence electrons. The minimum Gasteiger partial charge on any atom is -0.258 e. The molecule has 0 saturated heterocycles. The first-order valence-corrected chi connectivity index (χ1v) is 3.95. The number of alkyl halides is 2. The van der Waals surface area contributed by atoms with Crippen LogP contribution in [0.3, 0.4) is 0 Å². The average molecular weight is 231 g/mol. The van der Waals surface area contributed by atoms with Crippen LogP contribution in [0.1, 0.15) is 17.7 Å². The minimum atomic E-state index is -3.24. The van der Waals surface area contributed by atoms with Crippen LogP contribution in [0.15, 0.2) is 6.20 Å². The van der Waals surface area contributed by atoms with Crippen LogP contribution in [0.2, 0.25) is 0 Å². The zero-order valence-corrected chi connectivity index (χ0v) is 7.65. The molecule has 0 aromatic carbocycles. The zero-order chi connectivity index (χ0) is 12.3. The Balaban J connectivity index is 3.43. The van der Waals surface area contributed by atoms with Crippen LogP contribution in [0.25, 0.3) is 0 Å². The quantitative estimate of drug-likeness (QED) is 0.589. The van der Waals surface area contributed by atoms with E-state index in [2.05, 4.69) is 4.98 Å². The van der Waals surface area contributed by atoms with Gasteiger partial charge in [0.2, 0.25) is 5.82 Å². The third-order valence-electron chi connectivity index (χ3n) is 1.75. The first-order chi connectivity index (χ1) is 7.49. The Morgan fingerprint density at radius 1 is 1.62 bits per heavy atom. The van der Waals surface area contributed by atoms with Crippen molar-refractivity contribution in [2.24, 2.45) is 0 Å². The highest BCUT2D eigenvalue weighted by molar-refractivity contribution is 5.41. The van der Waals surface area contributed by atoms with E-state index in [4.69, 9.17) is 5.26 Å². The van der Waals surface area contributed by atoms with Gasteiger partial charge in [-0.25, -0.2) is 13.8 Å². The number of pyridine rings is 1. The van der Waals surface area contributed by atoms with Crippen molar-refractivity contribution in [1.29, 1.82) is 5.26 Å². The number of nitriles is 1. The molecule has 5 nitrogen and oxygen atoms in total. The molecule has 0 saturated carbocycles. The molecule has 0 spiro atoms. The van der Waals surface area contributed by atoms with Gasteiger partial charge in [-0.15, -0.1) is 0 Å². The molecule has 8 heteroatoms. The van der Waals surface area contributed by atoms with Crippen molar-refractivity contribution in [3.8, 4) is 6.07 Å². The molecular weight excluding hydrogens is 227 g/mol. The van der Waals surface area contributed by atoms with Gasteiger partial charge in [0.1, 0.15) is 0 Å². The maximum Gasteiger partial charge on any atom is 0.332 e. The highest BCUT2D eigenvalue weighted by Gasteiger charge is 2.30. The van der Waals surface area contributed by atoms with Gasteiger partial charge < -0.3 is 0 Å². The molecule has 1 heterocycles. The van der Waals surface area contributed by atoms with Crippen molar-refractivity contribution in [2.75, 3.05) is 0 Å². The van der Waals surface area contributed by atoms with E-state index in [0.29, 0.717) is 6.20 Å². The highest BCUT2D eigenvalue weighted by Crippen LogP contribution is 2.30. The van der Waals surface area contributed by atoms with Gasteiger partial charge in [-0.3, -0.25) is 10.1 Å². The second kappa shape index (κ2) is 4.57. The monoisotopic (exact) mass is 231 g/mol. The Labute approximate surface area is 87.3 Å². The van der Waals surface area contributed by atoms with Crippen molar-refractivity contribution in [3.63, 3.8) is 0 Å². The van der Waals surface area contributed by atoms with Crippen molar-refractivity contribution >= 4 is 5.69 Å². The molecule has 0 atom stereocenters. The maximum absolute atomic E-state index is 13.4. The number of aromatic nitrogens is 1. The van der Waals surface area contributed by atoms with E-state index in [1.807, 2.05) is 0 Å². The summed E-state index contributed by atoms with van der Waals surface area (Å²) in [4.78, 5) is 12.2. The fraction of sp³-hybridized carbons (Fsp3) is 0.250. The zero-order valence-electron chi connectivity index (χ0n) is 7.65.